The van der Waals surface area contributed by atoms with Crippen molar-refractivity contribution >= 4 is 29.5 Å². The quantitative estimate of drug-likeness (QED) is 0.0755. The van der Waals surface area contributed by atoms with E-state index in [0.717, 1.165) is 38.5 Å². The van der Waals surface area contributed by atoms with E-state index in [4.69, 9.17) is 15.2 Å². The predicted molar refractivity (Wildman–Crippen MR) is 202 cm³/mol. The van der Waals surface area contributed by atoms with Crippen LogP contribution in [0.15, 0.2) is 0 Å². The Morgan fingerprint density at radius 2 is 1.04 bits per heavy atom. The van der Waals surface area contributed by atoms with Crippen LogP contribution in [0.25, 0.3) is 0 Å². The van der Waals surface area contributed by atoms with Crippen molar-refractivity contribution in [2.75, 3.05) is 18.1 Å². The molecule has 0 aliphatic carbocycles. The van der Waals surface area contributed by atoms with Crippen LogP contribution in [0.1, 0.15) is 180 Å². The van der Waals surface area contributed by atoms with E-state index < -0.39 is 28.4 Å². The molecule has 0 amide bonds. The van der Waals surface area contributed by atoms with Crippen molar-refractivity contribution in [3.8, 4) is 0 Å². The predicted octanol–water partition coefficient (Wildman–Crippen LogP) is 10.7. The third-order valence-corrected chi connectivity index (χ3v) is 10.1. The number of ketones is 1. The molecule has 0 fully saturated rings. The molecule has 2 N–H and O–H groups in total. The number of hydrogen-bond acceptors (Lipinski definition) is 7. The molecule has 6 nitrogen and oxygen atoms in total. The maximum atomic E-state index is 13.9. The van der Waals surface area contributed by atoms with Crippen molar-refractivity contribution < 1.29 is 23.9 Å². The summed E-state index contributed by atoms with van der Waals surface area (Å²) in [4.78, 5) is 40.4. The average molecular weight is 684 g/mol. The minimum atomic E-state index is -0.695. The summed E-state index contributed by atoms with van der Waals surface area (Å²) in [6, 6.07) is -0.599. The molecule has 7 heteroatoms. The van der Waals surface area contributed by atoms with Crippen molar-refractivity contribution in [1.82, 2.24) is 0 Å². The monoisotopic (exact) mass is 684 g/mol. The number of Topliss-reactive ketones (excluding diaryl/α,β-unsaturated/α-hetero) is 1. The first-order chi connectivity index (χ1) is 21.5. The van der Waals surface area contributed by atoms with Crippen molar-refractivity contribution in [3.63, 3.8) is 0 Å². The van der Waals surface area contributed by atoms with Crippen LogP contribution < -0.4 is 5.73 Å². The minimum absolute atomic E-state index is 0.0207. The number of carbonyl (C=O) groups excluding carboxylic acids is 3. The molecule has 0 aromatic rings. The Kier molecular flexibility index (Phi) is 20.7. The van der Waals surface area contributed by atoms with E-state index in [1.54, 1.807) is 0 Å². The van der Waals surface area contributed by atoms with Gasteiger partial charge >= 0.3 is 11.9 Å². The standard InChI is InChI=1S/C40H77NO5S/c1-14-16-18-20-22-24-40(13,25-23-21-19-17-15-2)33(42)32(41)28-47-27-31(46-35(44)39(11,12)30-37(6,7)8)26-45-34(43)38(9,10)29-36(3,4)5/h31-32H,14-30,41H2,1-13H3. The highest BCUT2D eigenvalue weighted by atomic mass is 32.2. The van der Waals surface area contributed by atoms with Gasteiger partial charge in [-0.05, 0) is 64.2 Å². The lowest BCUT2D eigenvalue weighted by atomic mass is 9.74. The third-order valence-electron chi connectivity index (χ3n) is 8.92. The topological polar surface area (TPSA) is 95.7 Å². The zero-order valence-corrected chi connectivity index (χ0v) is 34.0. The summed E-state index contributed by atoms with van der Waals surface area (Å²) < 4.78 is 11.8. The molecule has 0 aromatic heterocycles. The molecule has 2 unspecified atom stereocenters. The Balaban J connectivity index is 5.64. The van der Waals surface area contributed by atoms with Crippen molar-refractivity contribution in [2.24, 2.45) is 32.8 Å². The highest BCUT2D eigenvalue weighted by Crippen LogP contribution is 2.37. The zero-order valence-electron chi connectivity index (χ0n) is 33.2. The molecule has 0 saturated heterocycles. The van der Waals surface area contributed by atoms with Crippen LogP contribution in [0.5, 0.6) is 0 Å². The van der Waals surface area contributed by atoms with Crippen molar-refractivity contribution in [3.05, 3.63) is 0 Å². The Labute approximate surface area is 295 Å². The highest BCUT2D eigenvalue weighted by Gasteiger charge is 2.38. The summed E-state index contributed by atoms with van der Waals surface area (Å²) in [6.07, 6.45) is 14.2. The van der Waals surface area contributed by atoms with E-state index in [0.29, 0.717) is 24.3 Å². The van der Waals surface area contributed by atoms with Crippen LogP contribution in [0.4, 0.5) is 0 Å². The molecule has 0 heterocycles. The van der Waals surface area contributed by atoms with E-state index in [1.807, 2.05) is 27.7 Å². The van der Waals surface area contributed by atoms with Gasteiger partial charge in [0.2, 0.25) is 0 Å². The molecule has 278 valence electrons. The second-order valence-corrected chi connectivity index (χ2v) is 19.3. The van der Waals surface area contributed by atoms with Gasteiger partial charge in [-0.1, -0.05) is 127 Å². The van der Waals surface area contributed by atoms with Gasteiger partial charge in [0.15, 0.2) is 5.78 Å². The average Bonchev–Trinajstić information content (AvgIpc) is 2.92. The number of rotatable bonds is 25. The number of ether oxygens (including phenoxy) is 2. The van der Waals surface area contributed by atoms with Crippen LogP contribution in [-0.4, -0.2) is 48.0 Å². The third kappa shape index (κ3) is 20.3. The summed E-state index contributed by atoms with van der Waals surface area (Å²) in [7, 11) is 0. The fraction of sp³-hybridized carbons (Fsp3) is 0.925. The van der Waals surface area contributed by atoms with E-state index in [9.17, 15) is 14.4 Å². The van der Waals surface area contributed by atoms with E-state index in [2.05, 4.69) is 62.3 Å². The van der Waals surface area contributed by atoms with Crippen LogP contribution in [0, 0.1) is 27.1 Å². The fourth-order valence-corrected chi connectivity index (χ4v) is 8.01. The van der Waals surface area contributed by atoms with E-state index in [-0.39, 0.29) is 35.2 Å². The lowest BCUT2D eigenvalue weighted by Crippen LogP contribution is -2.44. The van der Waals surface area contributed by atoms with Gasteiger partial charge in [-0.2, -0.15) is 11.8 Å². The Morgan fingerprint density at radius 1 is 0.617 bits per heavy atom. The number of unbranched alkanes of at least 4 members (excludes halogenated alkanes) is 8. The Morgan fingerprint density at radius 3 is 1.47 bits per heavy atom. The summed E-state index contributed by atoms with van der Waals surface area (Å²) in [5.41, 5.74) is 4.73. The van der Waals surface area contributed by atoms with Crippen molar-refractivity contribution in [2.45, 2.75) is 192 Å². The van der Waals surface area contributed by atoms with Gasteiger partial charge < -0.3 is 15.2 Å². The Bertz CT molecular complexity index is 901. The molecule has 47 heavy (non-hydrogen) atoms. The van der Waals surface area contributed by atoms with Gasteiger partial charge in [-0.15, -0.1) is 0 Å². The number of esters is 2. The summed E-state index contributed by atoms with van der Waals surface area (Å²) in [5.74, 6) is 0.375. The maximum absolute atomic E-state index is 13.9. The molecule has 2 atom stereocenters. The second-order valence-electron chi connectivity index (χ2n) is 18.3. The highest BCUT2D eigenvalue weighted by molar-refractivity contribution is 7.99. The van der Waals surface area contributed by atoms with Gasteiger partial charge in [0.05, 0.1) is 16.9 Å². The van der Waals surface area contributed by atoms with E-state index in [1.165, 1.54) is 50.3 Å². The molecule has 0 aliphatic rings. The molecular weight excluding hydrogens is 607 g/mol. The normalized spacial score (nSPS) is 14.5. The molecule has 0 saturated carbocycles. The minimum Gasteiger partial charge on any atom is -0.461 e. The second kappa shape index (κ2) is 21.2. The molecule has 0 bridgehead atoms. The van der Waals surface area contributed by atoms with Gasteiger partial charge in [-0.3, -0.25) is 14.4 Å². The number of hydrogen-bond donors (Lipinski definition) is 1. The first-order valence-electron chi connectivity index (χ1n) is 18.8. The number of carbonyl (C=O) groups is 3. The molecule has 0 aliphatic heterocycles. The number of thioether (sulfide) groups is 1. The lowest BCUT2D eigenvalue weighted by Gasteiger charge is -2.33. The summed E-state index contributed by atoms with van der Waals surface area (Å²) >= 11 is 1.50. The SMILES string of the molecule is CCCCCCCC(C)(CCCCCCC)C(=O)C(N)CSCC(COC(=O)C(C)(C)CC(C)(C)C)OC(=O)C(C)(C)CC(C)(C)C. The smallest absolute Gasteiger partial charge is 0.311 e. The van der Waals surface area contributed by atoms with Gasteiger partial charge in [0.25, 0.3) is 0 Å². The first kappa shape index (κ1) is 45.9. The zero-order chi connectivity index (χ0) is 36.5. The summed E-state index contributed by atoms with van der Waals surface area (Å²) in [6.45, 7) is 26.8. The Hall–Kier alpha value is -1.08. The molecule has 0 aromatic carbocycles. The molecule has 0 radical (unpaired) electrons. The lowest BCUT2D eigenvalue weighted by molar-refractivity contribution is -0.170. The number of nitrogens with two attached hydrogens (primary N) is 1. The van der Waals surface area contributed by atoms with Gasteiger partial charge in [0, 0.05) is 16.9 Å². The molecule has 0 rings (SSSR count). The fourth-order valence-electron chi connectivity index (χ4n) is 7.05. The van der Waals surface area contributed by atoms with Crippen molar-refractivity contribution in [1.29, 1.82) is 0 Å². The van der Waals surface area contributed by atoms with Crippen LogP contribution in [0.3, 0.4) is 0 Å². The van der Waals surface area contributed by atoms with Crippen LogP contribution >= 0.6 is 11.8 Å². The summed E-state index contributed by atoms with van der Waals surface area (Å²) in [5, 5.41) is 0. The van der Waals surface area contributed by atoms with Crippen LogP contribution in [0.2, 0.25) is 0 Å². The van der Waals surface area contributed by atoms with Gasteiger partial charge in [0.1, 0.15) is 12.7 Å². The van der Waals surface area contributed by atoms with Crippen LogP contribution in [-0.2, 0) is 23.9 Å². The largest absolute Gasteiger partial charge is 0.461 e. The van der Waals surface area contributed by atoms with Gasteiger partial charge in [-0.25, -0.2) is 0 Å². The first-order valence-corrected chi connectivity index (χ1v) is 19.9. The molecule has 0 spiro atoms. The van der Waals surface area contributed by atoms with E-state index >= 15 is 0 Å². The molecular formula is C40H77NO5S. The maximum Gasteiger partial charge on any atom is 0.311 e.